The lowest BCUT2D eigenvalue weighted by molar-refractivity contribution is 0.0951. The van der Waals surface area contributed by atoms with Crippen molar-refractivity contribution in [2.24, 2.45) is 0 Å². The number of hydrogen-bond donors (Lipinski definition) is 2. The Hall–Kier alpha value is -1.03. The quantitative estimate of drug-likeness (QED) is 0.699. The average molecular weight is 199 g/mol. The van der Waals surface area contributed by atoms with Crippen LogP contribution in [0.2, 0.25) is 0 Å². The molecule has 0 bridgehead atoms. The standard InChI is InChI=1S/C9H10FNOS/c1-2-11-9(12)6-4-3-5-7(13)8(6)10/h3-5,13H,2H2,1H3,(H,11,12). The molecule has 1 aromatic carbocycles. The summed E-state index contributed by atoms with van der Waals surface area (Å²) in [5, 5.41) is 2.52. The van der Waals surface area contributed by atoms with Crippen LogP contribution in [0, 0.1) is 5.82 Å². The predicted octanol–water partition coefficient (Wildman–Crippen LogP) is 1.86. The van der Waals surface area contributed by atoms with Gasteiger partial charge in [0, 0.05) is 11.4 Å². The van der Waals surface area contributed by atoms with Gasteiger partial charge < -0.3 is 5.32 Å². The Kier molecular flexibility index (Phi) is 3.31. The Balaban J connectivity index is 3.01. The molecule has 70 valence electrons. The molecule has 0 unspecified atom stereocenters. The summed E-state index contributed by atoms with van der Waals surface area (Å²) in [4.78, 5) is 11.4. The maximum atomic E-state index is 13.2. The minimum Gasteiger partial charge on any atom is -0.352 e. The van der Waals surface area contributed by atoms with Gasteiger partial charge in [0.05, 0.1) is 5.56 Å². The van der Waals surface area contributed by atoms with Crippen molar-refractivity contribution in [3.8, 4) is 0 Å². The van der Waals surface area contributed by atoms with Crippen molar-refractivity contribution in [3.63, 3.8) is 0 Å². The Morgan fingerprint density at radius 2 is 2.31 bits per heavy atom. The number of thiol groups is 1. The molecule has 0 aromatic heterocycles. The fourth-order valence-corrected chi connectivity index (χ4v) is 1.16. The van der Waals surface area contributed by atoms with Crippen molar-refractivity contribution in [2.75, 3.05) is 6.54 Å². The minimum absolute atomic E-state index is 0.0364. The summed E-state index contributed by atoms with van der Waals surface area (Å²) in [5.41, 5.74) is 0.0364. The van der Waals surface area contributed by atoms with Crippen LogP contribution in [-0.4, -0.2) is 12.5 Å². The summed E-state index contributed by atoms with van der Waals surface area (Å²) in [6.07, 6.45) is 0. The fourth-order valence-electron chi connectivity index (χ4n) is 0.951. The molecular formula is C9H10FNOS. The number of carbonyl (C=O) groups excluding carboxylic acids is 1. The van der Waals surface area contributed by atoms with Crippen molar-refractivity contribution < 1.29 is 9.18 Å². The average Bonchev–Trinajstić information content (AvgIpc) is 2.10. The fraction of sp³-hybridized carbons (Fsp3) is 0.222. The molecule has 1 N–H and O–H groups in total. The van der Waals surface area contributed by atoms with Gasteiger partial charge in [0.2, 0.25) is 0 Å². The van der Waals surface area contributed by atoms with Crippen LogP contribution in [0.3, 0.4) is 0 Å². The van der Waals surface area contributed by atoms with Gasteiger partial charge in [-0.25, -0.2) is 4.39 Å². The number of carbonyl (C=O) groups is 1. The van der Waals surface area contributed by atoms with E-state index in [2.05, 4.69) is 17.9 Å². The normalized spacial score (nSPS) is 9.77. The molecule has 0 spiro atoms. The monoisotopic (exact) mass is 199 g/mol. The highest BCUT2D eigenvalue weighted by atomic mass is 32.1. The van der Waals surface area contributed by atoms with E-state index in [4.69, 9.17) is 0 Å². The molecule has 2 nitrogen and oxygen atoms in total. The SMILES string of the molecule is CCNC(=O)c1cccc(S)c1F. The van der Waals surface area contributed by atoms with Gasteiger partial charge >= 0.3 is 0 Å². The Morgan fingerprint density at radius 3 is 2.92 bits per heavy atom. The zero-order chi connectivity index (χ0) is 9.84. The zero-order valence-corrected chi connectivity index (χ0v) is 8.07. The maximum Gasteiger partial charge on any atom is 0.254 e. The van der Waals surface area contributed by atoms with Crippen molar-refractivity contribution in [1.82, 2.24) is 5.32 Å². The van der Waals surface area contributed by atoms with E-state index in [1.54, 1.807) is 13.0 Å². The highest BCUT2D eigenvalue weighted by Crippen LogP contribution is 2.15. The van der Waals surface area contributed by atoms with Gasteiger partial charge in [0.1, 0.15) is 5.82 Å². The number of rotatable bonds is 2. The molecule has 0 radical (unpaired) electrons. The van der Waals surface area contributed by atoms with Gasteiger partial charge in [0.25, 0.3) is 5.91 Å². The smallest absolute Gasteiger partial charge is 0.254 e. The highest BCUT2D eigenvalue weighted by molar-refractivity contribution is 7.80. The van der Waals surface area contributed by atoms with Gasteiger partial charge in [-0.1, -0.05) is 6.07 Å². The van der Waals surface area contributed by atoms with Crippen molar-refractivity contribution in [1.29, 1.82) is 0 Å². The van der Waals surface area contributed by atoms with E-state index in [-0.39, 0.29) is 10.5 Å². The van der Waals surface area contributed by atoms with Gasteiger partial charge in [0.15, 0.2) is 0 Å². The molecule has 0 heterocycles. The second-order valence-corrected chi connectivity index (χ2v) is 2.98. The van der Waals surface area contributed by atoms with Gasteiger partial charge in [-0.15, -0.1) is 12.6 Å². The molecule has 4 heteroatoms. The number of halogens is 1. The second-order valence-electron chi connectivity index (χ2n) is 2.50. The first-order valence-corrected chi connectivity index (χ1v) is 4.37. The second kappa shape index (κ2) is 4.28. The predicted molar refractivity (Wildman–Crippen MR) is 51.7 cm³/mol. The summed E-state index contributed by atoms with van der Waals surface area (Å²) >= 11 is 3.88. The van der Waals surface area contributed by atoms with Crippen LogP contribution in [0.25, 0.3) is 0 Å². The van der Waals surface area contributed by atoms with Gasteiger partial charge in [-0.05, 0) is 19.1 Å². The Bertz CT molecular complexity index is 327. The summed E-state index contributed by atoms with van der Waals surface area (Å²) in [7, 11) is 0. The van der Waals surface area contributed by atoms with Crippen LogP contribution in [0.15, 0.2) is 23.1 Å². The molecule has 13 heavy (non-hydrogen) atoms. The summed E-state index contributed by atoms with van der Waals surface area (Å²) in [5.74, 6) is -0.979. The third-order valence-electron chi connectivity index (χ3n) is 1.56. The van der Waals surface area contributed by atoms with E-state index in [0.717, 1.165) is 0 Å². The van der Waals surface area contributed by atoms with Crippen LogP contribution in [0.1, 0.15) is 17.3 Å². The molecular weight excluding hydrogens is 189 g/mol. The van der Waals surface area contributed by atoms with E-state index < -0.39 is 11.7 Å². The molecule has 0 aliphatic heterocycles. The lowest BCUT2D eigenvalue weighted by atomic mass is 10.2. The number of amides is 1. The molecule has 0 saturated carbocycles. The van der Waals surface area contributed by atoms with Crippen molar-refractivity contribution >= 4 is 18.5 Å². The first kappa shape index (κ1) is 10.1. The number of nitrogens with one attached hydrogen (secondary N) is 1. The maximum absolute atomic E-state index is 13.2. The molecule has 0 aliphatic carbocycles. The molecule has 0 atom stereocenters. The first-order valence-electron chi connectivity index (χ1n) is 3.92. The lowest BCUT2D eigenvalue weighted by Crippen LogP contribution is -2.23. The summed E-state index contributed by atoms with van der Waals surface area (Å²) in [6, 6.07) is 4.53. The van der Waals surface area contributed by atoms with Crippen LogP contribution < -0.4 is 5.32 Å². The topological polar surface area (TPSA) is 29.1 Å². The molecule has 1 aromatic rings. The summed E-state index contributed by atoms with van der Waals surface area (Å²) < 4.78 is 13.2. The number of hydrogen-bond acceptors (Lipinski definition) is 2. The molecule has 1 amide bonds. The van der Waals surface area contributed by atoms with Crippen LogP contribution in [0.5, 0.6) is 0 Å². The van der Waals surface area contributed by atoms with Gasteiger partial charge in [-0.3, -0.25) is 4.79 Å². The molecule has 0 aliphatic rings. The molecule has 1 rings (SSSR count). The van der Waals surface area contributed by atoms with Crippen LogP contribution >= 0.6 is 12.6 Å². The highest BCUT2D eigenvalue weighted by Gasteiger charge is 2.11. The third kappa shape index (κ3) is 2.21. The van der Waals surface area contributed by atoms with E-state index in [1.165, 1.54) is 12.1 Å². The van der Waals surface area contributed by atoms with E-state index in [1.807, 2.05) is 0 Å². The summed E-state index contributed by atoms with van der Waals surface area (Å²) in [6.45, 7) is 2.26. The zero-order valence-electron chi connectivity index (χ0n) is 7.17. The van der Waals surface area contributed by atoms with Crippen molar-refractivity contribution in [2.45, 2.75) is 11.8 Å². The first-order chi connectivity index (χ1) is 6.16. The molecule has 0 fully saturated rings. The van der Waals surface area contributed by atoms with E-state index >= 15 is 0 Å². The Morgan fingerprint density at radius 1 is 1.62 bits per heavy atom. The number of benzene rings is 1. The van der Waals surface area contributed by atoms with E-state index in [0.29, 0.717) is 6.54 Å². The largest absolute Gasteiger partial charge is 0.352 e. The van der Waals surface area contributed by atoms with Crippen molar-refractivity contribution in [3.05, 3.63) is 29.6 Å². The minimum atomic E-state index is -0.572. The van der Waals surface area contributed by atoms with Gasteiger partial charge in [-0.2, -0.15) is 0 Å². The Labute approximate surface area is 81.6 Å². The molecule has 0 saturated heterocycles. The van der Waals surface area contributed by atoms with Crippen LogP contribution in [-0.2, 0) is 0 Å². The third-order valence-corrected chi connectivity index (χ3v) is 1.91. The van der Waals surface area contributed by atoms with E-state index in [9.17, 15) is 9.18 Å². The van der Waals surface area contributed by atoms with Crippen LogP contribution in [0.4, 0.5) is 4.39 Å². The lowest BCUT2D eigenvalue weighted by Gasteiger charge is -2.04.